The van der Waals surface area contributed by atoms with Gasteiger partial charge in [0.2, 0.25) is 0 Å². The Balaban J connectivity index is 2.01. The Labute approximate surface area is 127 Å². The summed E-state index contributed by atoms with van der Waals surface area (Å²) in [6.45, 7) is 4.08. The van der Waals surface area contributed by atoms with Gasteiger partial charge >= 0.3 is 0 Å². The predicted molar refractivity (Wildman–Crippen MR) is 84.9 cm³/mol. The molecule has 0 spiro atoms. The molecule has 1 aromatic rings. The average molecular weight is 311 g/mol. The number of aryl methyl sites for hydroxylation is 1. The molecule has 1 fully saturated rings. The number of piperidine rings is 1. The molecule has 2 rings (SSSR count). The average Bonchev–Trinajstić information content (AvgIpc) is 2.53. The molecule has 6 heteroatoms. The van der Waals surface area contributed by atoms with Crippen molar-refractivity contribution in [3.05, 3.63) is 35.4 Å². The Morgan fingerprint density at radius 2 is 2.05 bits per heavy atom. The van der Waals surface area contributed by atoms with Crippen LogP contribution >= 0.6 is 0 Å². The van der Waals surface area contributed by atoms with Crippen LogP contribution in [0.25, 0.3) is 0 Å². The predicted octanol–water partition coefficient (Wildman–Crippen LogP) is 1.25. The van der Waals surface area contributed by atoms with E-state index in [0.717, 1.165) is 24.8 Å². The van der Waals surface area contributed by atoms with E-state index in [0.29, 0.717) is 26.2 Å². The van der Waals surface area contributed by atoms with E-state index >= 15 is 0 Å². The lowest BCUT2D eigenvalue weighted by atomic mass is 10.0. The van der Waals surface area contributed by atoms with Crippen LogP contribution in [-0.2, 0) is 23.2 Å². The first-order valence-corrected chi connectivity index (χ1v) is 9.02. The summed E-state index contributed by atoms with van der Waals surface area (Å²) in [5.74, 6) is 0.276. The van der Waals surface area contributed by atoms with Crippen LogP contribution in [0.2, 0.25) is 0 Å². The molecule has 21 heavy (non-hydrogen) atoms. The lowest BCUT2D eigenvalue weighted by Crippen LogP contribution is -2.47. The molecule has 0 radical (unpaired) electrons. The van der Waals surface area contributed by atoms with E-state index in [2.05, 4.69) is 11.6 Å². The lowest BCUT2D eigenvalue weighted by molar-refractivity contribution is 0.268. The molecule has 0 aromatic heterocycles. The summed E-state index contributed by atoms with van der Waals surface area (Å²) in [6, 6.07) is 7.93. The van der Waals surface area contributed by atoms with E-state index in [1.54, 1.807) is 0 Å². The molecular weight excluding hydrogens is 286 g/mol. The number of nitrogens with zero attached hydrogens (tertiary/aromatic N) is 1. The Hall–Kier alpha value is -0.950. The van der Waals surface area contributed by atoms with Crippen molar-refractivity contribution in [3.8, 4) is 0 Å². The number of nitrogens with one attached hydrogen (secondary N) is 1. The van der Waals surface area contributed by atoms with Crippen LogP contribution in [0.4, 0.5) is 0 Å². The second-order valence-electron chi connectivity index (χ2n) is 5.55. The number of benzene rings is 1. The smallest absolute Gasteiger partial charge is 0.279 e. The Morgan fingerprint density at radius 1 is 1.33 bits per heavy atom. The molecule has 1 saturated heterocycles. The van der Waals surface area contributed by atoms with Crippen molar-refractivity contribution in [2.75, 3.05) is 19.6 Å². The van der Waals surface area contributed by atoms with Crippen LogP contribution in [0, 0.1) is 5.92 Å². The molecule has 5 nitrogen and oxygen atoms in total. The second-order valence-corrected chi connectivity index (χ2v) is 7.31. The van der Waals surface area contributed by atoms with Crippen molar-refractivity contribution >= 4 is 10.2 Å². The Morgan fingerprint density at radius 3 is 2.71 bits per heavy atom. The number of rotatable bonds is 6. The third kappa shape index (κ3) is 4.26. The van der Waals surface area contributed by atoms with Crippen molar-refractivity contribution in [2.45, 2.75) is 32.7 Å². The highest BCUT2D eigenvalue weighted by molar-refractivity contribution is 7.87. The lowest BCUT2D eigenvalue weighted by Gasteiger charge is -2.31. The van der Waals surface area contributed by atoms with E-state index in [4.69, 9.17) is 5.73 Å². The van der Waals surface area contributed by atoms with Gasteiger partial charge in [-0.15, -0.1) is 0 Å². The molecular formula is C15H25N3O2S. The third-order valence-corrected chi connectivity index (χ3v) is 5.62. The summed E-state index contributed by atoms with van der Waals surface area (Å²) in [5, 5.41) is 0. The summed E-state index contributed by atoms with van der Waals surface area (Å²) in [5.41, 5.74) is 7.89. The maximum atomic E-state index is 12.4. The first-order valence-electron chi connectivity index (χ1n) is 7.58. The zero-order chi connectivity index (χ0) is 15.3. The molecule has 1 atom stereocenters. The fraction of sp³-hybridized carbons (Fsp3) is 0.600. The van der Waals surface area contributed by atoms with E-state index in [1.165, 1.54) is 9.87 Å². The third-order valence-electron chi connectivity index (χ3n) is 4.10. The van der Waals surface area contributed by atoms with E-state index in [1.807, 2.05) is 24.3 Å². The Kier molecular flexibility index (Phi) is 5.75. The van der Waals surface area contributed by atoms with Crippen molar-refractivity contribution in [1.29, 1.82) is 0 Å². The molecule has 118 valence electrons. The highest BCUT2D eigenvalue weighted by atomic mass is 32.2. The minimum Gasteiger partial charge on any atom is -0.330 e. The van der Waals surface area contributed by atoms with Gasteiger partial charge in [0, 0.05) is 19.6 Å². The molecule has 0 aliphatic carbocycles. The van der Waals surface area contributed by atoms with Gasteiger partial charge in [-0.3, -0.25) is 0 Å². The highest BCUT2D eigenvalue weighted by Gasteiger charge is 2.27. The fourth-order valence-corrected chi connectivity index (χ4v) is 4.07. The second kappa shape index (κ2) is 7.35. The van der Waals surface area contributed by atoms with Crippen LogP contribution in [-0.4, -0.2) is 32.4 Å². The molecule has 1 aliphatic rings. The molecule has 1 unspecified atom stereocenters. The maximum absolute atomic E-state index is 12.4. The maximum Gasteiger partial charge on any atom is 0.279 e. The first-order chi connectivity index (χ1) is 10.1. The van der Waals surface area contributed by atoms with Gasteiger partial charge in [-0.2, -0.15) is 17.4 Å². The number of hydrogen-bond acceptors (Lipinski definition) is 3. The van der Waals surface area contributed by atoms with Crippen LogP contribution in [0.3, 0.4) is 0 Å². The normalized spacial score (nSPS) is 20.6. The van der Waals surface area contributed by atoms with Gasteiger partial charge in [0.05, 0.1) is 0 Å². The topological polar surface area (TPSA) is 75.4 Å². The van der Waals surface area contributed by atoms with Crippen LogP contribution in [0.1, 0.15) is 30.9 Å². The Bertz CT molecular complexity index is 560. The molecule has 1 heterocycles. The van der Waals surface area contributed by atoms with Gasteiger partial charge in [0.15, 0.2) is 0 Å². The van der Waals surface area contributed by atoms with E-state index in [-0.39, 0.29) is 5.92 Å². The largest absolute Gasteiger partial charge is 0.330 e. The molecule has 0 amide bonds. The summed E-state index contributed by atoms with van der Waals surface area (Å²) in [7, 11) is -3.42. The zero-order valence-corrected chi connectivity index (χ0v) is 13.4. The van der Waals surface area contributed by atoms with Crippen molar-refractivity contribution in [1.82, 2.24) is 9.03 Å². The summed E-state index contributed by atoms with van der Waals surface area (Å²) in [6.07, 6.45) is 2.80. The summed E-state index contributed by atoms with van der Waals surface area (Å²) in [4.78, 5) is 0. The fourth-order valence-electron chi connectivity index (χ4n) is 2.77. The van der Waals surface area contributed by atoms with Crippen LogP contribution in [0.15, 0.2) is 24.3 Å². The molecule has 0 bridgehead atoms. The van der Waals surface area contributed by atoms with Gasteiger partial charge in [-0.1, -0.05) is 31.2 Å². The van der Waals surface area contributed by atoms with Gasteiger partial charge in [0.1, 0.15) is 0 Å². The van der Waals surface area contributed by atoms with E-state index < -0.39 is 10.2 Å². The standard InChI is InChI=1S/C15H25N3O2S/c1-2-14-7-3-4-8-15(14)11-17-21(19,20)18-9-5-6-13(10-16)12-18/h3-4,7-8,13,17H,2,5-6,9-12,16H2,1H3. The van der Waals surface area contributed by atoms with Gasteiger partial charge in [-0.25, -0.2) is 0 Å². The van der Waals surface area contributed by atoms with Gasteiger partial charge < -0.3 is 5.73 Å². The van der Waals surface area contributed by atoms with E-state index in [9.17, 15) is 8.42 Å². The van der Waals surface area contributed by atoms with Gasteiger partial charge in [-0.05, 0) is 42.9 Å². The quantitative estimate of drug-likeness (QED) is 0.830. The van der Waals surface area contributed by atoms with Gasteiger partial charge in [0.25, 0.3) is 10.2 Å². The highest BCUT2D eigenvalue weighted by Crippen LogP contribution is 2.18. The summed E-state index contributed by atoms with van der Waals surface area (Å²) < 4.78 is 29.0. The van der Waals surface area contributed by atoms with Crippen LogP contribution in [0.5, 0.6) is 0 Å². The SMILES string of the molecule is CCc1ccccc1CNS(=O)(=O)N1CCCC(CN)C1. The number of hydrogen-bond donors (Lipinski definition) is 2. The molecule has 0 saturated carbocycles. The minimum absolute atomic E-state index is 0.276. The minimum atomic E-state index is -3.42. The number of nitrogens with two attached hydrogens (primary N) is 1. The zero-order valence-electron chi connectivity index (χ0n) is 12.6. The molecule has 1 aromatic carbocycles. The van der Waals surface area contributed by atoms with Crippen molar-refractivity contribution < 1.29 is 8.42 Å². The summed E-state index contributed by atoms with van der Waals surface area (Å²) >= 11 is 0. The molecule has 3 N–H and O–H groups in total. The van der Waals surface area contributed by atoms with Crippen molar-refractivity contribution in [2.24, 2.45) is 11.7 Å². The van der Waals surface area contributed by atoms with Crippen LogP contribution < -0.4 is 10.5 Å². The monoisotopic (exact) mass is 311 g/mol. The first kappa shape index (κ1) is 16.4. The molecule has 1 aliphatic heterocycles. The van der Waals surface area contributed by atoms with Crippen molar-refractivity contribution in [3.63, 3.8) is 0 Å².